The van der Waals surface area contributed by atoms with E-state index in [9.17, 15) is 0 Å². The highest BCUT2D eigenvalue weighted by atomic mass is 16.5. The van der Waals surface area contributed by atoms with Gasteiger partial charge in [0.05, 0.1) is 18.4 Å². The Labute approximate surface area is 93.5 Å². The predicted molar refractivity (Wildman–Crippen MR) is 59.0 cm³/mol. The summed E-state index contributed by atoms with van der Waals surface area (Å²) in [4.78, 5) is 6.81. The maximum atomic E-state index is 9.04. The molecule has 0 aliphatic heterocycles. The van der Waals surface area contributed by atoms with Crippen LogP contribution in [-0.4, -0.2) is 22.8 Å². The minimum absolute atomic E-state index is 0.0230. The van der Waals surface area contributed by atoms with Crippen LogP contribution in [0, 0.1) is 0 Å². The maximum absolute atomic E-state index is 9.04. The van der Waals surface area contributed by atoms with E-state index >= 15 is 0 Å². The second-order valence-corrected chi connectivity index (χ2v) is 3.47. The van der Waals surface area contributed by atoms with Crippen molar-refractivity contribution in [3.8, 4) is 5.88 Å². The van der Waals surface area contributed by atoms with E-state index in [0.717, 1.165) is 0 Å². The molecule has 1 aromatic rings. The molecule has 0 aromatic carbocycles. The quantitative estimate of drug-likeness (QED) is 0.470. The summed E-state index contributed by atoms with van der Waals surface area (Å²) in [6.45, 7) is 3.51. The molecule has 1 N–H and O–H groups in total. The van der Waals surface area contributed by atoms with E-state index in [4.69, 9.17) is 15.4 Å². The van der Waals surface area contributed by atoms with Gasteiger partial charge in [-0.1, -0.05) is 11.2 Å². The normalized spacial score (nSPS) is 12.0. The Bertz CT molecular complexity index is 388. The van der Waals surface area contributed by atoms with Gasteiger partial charge in [-0.15, -0.1) is 0 Å². The number of rotatable bonds is 5. The van der Waals surface area contributed by atoms with Crippen LogP contribution in [0.4, 0.5) is 0 Å². The summed E-state index contributed by atoms with van der Waals surface area (Å²) in [6.07, 6.45) is 0.0230. The minimum atomic E-state index is -0.666. The topological polar surface area (TPSA) is 91.1 Å². The van der Waals surface area contributed by atoms with Crippen LogP contribution in [0.2, 0.25) is 0 Å². The zero-order chi connectivity index (χ0) is 12.0. The molecule has 0 saturated carbocycles. The van der Waals surface area contributed by atoms with Crippen LogP contribution in [0.3, 0.4) is 0 Å². The molecular weight excluding hydrogens is 208 g/mol. The second kappa shape index (κ2) is 5.95. The van der Waals surface area contributed by atoms with Gasteiger partial charge in [-0.25, -0.2) is 4.98 Å². The van der Waals surface area contributed by atoms with Gasteiger partial charge in [-0.05, 0) is 25.4 Å². The third kappa shape index (κ3) is 3.42. The molecule has 86 valence electrons. The van der Waals surface area contributed by atoms with Gasteiger partial charge in [-0.2, -0.15) is 0 Å². The Morgan fingerprint density at radius 3 is 2.88 bits per heavy atom. The van der Waals surface area contributed by atoms with E-state index in [0.29, 0.717) is 11.6 Å². The lowest BCUT2D eigenvalue weighted by molar-refractivity contribution is 0.229. The number of azide groups is 1. The fourth-order valence-electron chi connectivity index (χ4n) is 1.18. The zero-order valence-corrected chi connectivity index (χ0v) is 9.24. The van der Waals surface area contributed by atoms with Crippen LogP contribution < -0.4 is 4.74 Å². The Morgan fingerprint density at radius 2 is 2.31 bits per heavy atom. The summed E-state index contributed by atoms with van der Waals surface area (Å²) < 4.78 is 5.40. The molecule has 0 fully saturated rings. The van der Waals surface area contributed by atoms with Gasteiger partial charge in [0.2, 0.25) is 5.88 Å². The van der Waals surface area contributed by atoms with Gasteiger partial charge >= 0.3 is 0 Å². The number of hydrogen-bond donors (Lipinski definition) is 1. The fourth-order valence-corrected chi connectivity index (χ4v) is 1.18. The van der Waals surface area contributed by atoms with Crippen molar-refractivity contribution in [1.82, 2.24) is 4.98 Å². The average molecular weight is 222 g/mol. The van der Waals surface area contributed by atoms with Gasteiger partial charge in [0.15, 0.2) is 0 Å². The first kappa shape index (κ1) is 12.3. The third-order valence-electron chi connectivity index (χ3n) is 1.81. The summed E-state index contributed by atoms with van der Waals surface area (Å²) in [5, 5.41) is 12.5. The molecule has 0 spiro atoms. The van der Waals surface area contributed by atoms with E-state index in [2.05, 4.69) is 15.0 Å². The fraction of sp³-hybridized carbons (Fsp3) is 0.500. The lowest BCUT2D eigenvalue weighted by Gasteiger charge is -2.11. The number of ether oxygens (including phenoxy) is 1. The van der Waals surface area contributed by atoms with E-state index in [1.54, 1.807) is 18.2 Å². The van der Waals surface area contributed by atoms with Gasteiger partial charge < -0.3 is 9.84 Å². The minimum Gasteiger partial charge on any atom is -0.475 e. The van der Waals surface area contributed by atoms with Gasteiger partial charge in [0.1, 0.15) is 6.04 Å². The average Bonchev–Trinajstić information content (AvgIpc) is 2.25. The molecule has 0 bridgehead atoms. The van der Waals surface area contributed by atoms with Crippen molar-refractivity contribution < 1.29 is 9.84 Å². The Morgan fingerprint density at radius 1 is 1.56 bits per heavy atom. The second-order valence-electron chi connectivity index (χ2n) is 3.47. The molecule has 0 aliphatic carbocycles. The first-order chi connectivity index (χ1) is 7.67. The number of pyridine rings is 1. The molecular formula is C10H14N4O2. The predicted octanol–water partition coefficient (Wildman–Crippen LogP) is 2.21. The first-order valence-electron chi connectivity index (χ1n) is 4.96. The molecule has 1 aromatic heterocycles. The lowest BCUT2D eigenvalue weighted by Crippen LogP contribution is -2.09. The highest BCUT2D eigenvalue weighted by molar-refractivity contribution is 5.18. The van der Waals surface area contributed by atoms with Crippen LogP contribution >= 0.6 is 0 Å². The SMILES string of the molecule is CC(C)Oc1cccc(C(CO)N=[N+]=[N-])n1. The van der Waals surface area contributed by atoms with Gasteiger partial charge in [0, 0.05) is 11.0 Å². The highest BCUT2D eigenvalue weighted by Crippen LogP contribution is 2.18. The summed E-state index contributed by atoms with van der Waals surface area (Å²) in [7, 11) is 0. The first-order valence-corrected chi connectivity index (χ1v) is 4.96. The summed E-state index contributed by atoms with van der Waals surface area (Å²) in [6, 6.07) is 4.48. The molecule has 16 heavy (non-hydrogen) atoms. The largest absolute Gasteiger partial charge is 0.475 e. The molecule has 0 aliphatic rings. The maximum Gasteiger partial charge on any atom is 0.213 e. The smallest absolute Gasteiger partial charge is 0.213 e. The highest BCUT2D eigenvalue weighted by Gasteiger charge is 2.10. The number of nitrogens with zero attached hydrogens (tertiary/aromatic N) is 4. The Hall–Kier alpha value is -1.78. The van der Waals surface area contributed by atoms with E-state index in [-0.39, 0.29) is 12.7 Å². The van der Waals surface area contributed by atoms with Crippen molar-refractivity contribution in [3.05, 3.63) is 34.3 Å². The van der Waals surface area contributed by atoms with E-state index in [1.165, 1.54) is 0 Å². The Balaban J connectivity index is 2.91. The number of aliphatic hydroxyl groups is 1. The molecule has 6 nitrogen and oxygen atoms in total. The van der Waals surface area contributed by atoms with Crippen molar-refractivity contribution >= 4 is 0 Å². The molecule has 1 unspecified atom stereocenters. The lowest BCUT2D eigenvalue weighted by atomic mass is 10.2. The third-order valence-corrected chi connectivity index (χ3v) is 1.81. The van der Waals surface area contributed by atoms with E-state index < -0.39 is 6.04 Å². The van der Waals surface area contributed by atoms with Crippen LogP contribution in [0.25, 0.3) is 10.4 Å². The van der Waals surface area contributed by atoms with Crippen molar-refractivity contribution in [2.75, 3.05) is 6.61 Å². The van der Waals surface area contributed by atoms with Crippen LogP contribution in [0.1, 0.15) is 25.6 Å². The number of hydrogen-bond acceptors (Lipinski definition) is 4. The molecule has 1 heterocycles. The molecule has 0 radical (unpaired) electrons. The molecule has 0 amide bonds. The van der Waals surface area contributed by atoms with E-state index in [1.807, 2.05) is 13.8 Å². The summed E-state index contributed by atoms with van der Waals surface area (Å²) in [5.41, 5.74) is 8.83. The van der Waals surface area contributed by atoms with Crippen molar-refractivity contribution in [1.29, 1.82) is 0 Å². The van der Waals surface area contributed by atoms with Crippen molar-refractivity contribution in [3.63, 3.8) is 0 Å². The zero-order valence-electron chi connectivity index (χ0n) is 9.24. The van der Waals surface area contributed by atoms with Crippen LogP contribution in [0.15, 0.2) is 23.3 Å². The van der Waals surface area contributed by atoms with Gasteiger partial charge in [0.25, 0.3) is 0 Å². The number of aliphatic hydroxyl groups excluding tert-OH is 1. The van der Waals surface area contributed by atoms with Crippen LogP contribution in [-0.2, 0) is 0 Å². The summed E-state index contributed by atoms with van der Waals surface area (Å²) in [5.74, 6) is 0.457. The Kier molecular flexibility index (Phi) is 4.57. The van der Waals surface area contributed by atoms with Crippen molar-refractivity contribution in [2.45, 2.75) is 26.0 Å². The standard InChI is InChI=1S/C10H14N4O2/c1-7(2)16-10-5-3-4-8(12-10)9(6-15)13-14-11/h3-5,7,9,15H,6H2,1-2H3. The van der Waals surface area contributed by atoms with Crippen LogP contribution in [0.5, 0.6) is 5.88 Å². The van der Waals surface area contributed by atoms with Crippen molar-refractivity contribution in [2.24, 2.45) is 5.11 Å². The molecule has 6 heteroatoms. The van der Waals surface area contributed by atoms with Gasteiger partial charge in [-0.3, -0.25) is 0 Å². The summed E-state index contributed by atoms with van der Waals surface area (Å²) >= 11 is 0. The monoisotopic (exact) mass is 222 g/mol. The molecule has 1 rings (SSSR count). The number of aromatic nitrogens is 1. The molecule has 0 saturated heterocycles. The molecule has 1 atom stereocenters.